The summed E-state index contributed by atoms with van der Waals surface area (Å²) in [6.45, 7) is 0.972. The molecule has 0 aliphatic heterocycles. The van der Waals surface area contributed by atoms with E-state index in [1.807, 2.05) is 11.9 Å². The molecule has 0 heterocycles. The van der Waals surface area contributed by atoms with E-state index in [0.29, 0.717) is 24.5 Å². The van der Waals surface area contributed by atoms with Crippen molar-refractivity contribution in [3.05, 3.63) is 24.3 Å². The third kappa shape index (κ3) is 6.17. The zero-order valence-corrected chi connectivity index (χ0v) is 12.0. The van der Waals surface area contributed by atoms with Crippen molar-refractivity contribution in [3.63, 3.8) is 0 Å². The predicted octanol–water partition coefficient (Wildman–Crippen LogP) is 1.24. The average Bonchev–Trinajstić information content (AvgIpc) is 2.37. The fourth-order valence-electron chi connectivity index (χ4n) is 1.50. The van der Waals surface area contributed by atoms with Gasteiger partial charge in [0.1, 0.15) is 5.75 Å². The van der Waals surface area contributed by atoms with Gasteiger partial charge in [-0.2, -0.15) is 0 Å². The van der Waals surface area contributed by atoms with E-state index in [9.17, 15) is 4.79 Å². The van der Waals surface area contributed by atoms with Crippen LogP contribution in [0.1, 0.15) is 6.42 Å². The summed E-state index contributed by atoms with van der Waals surface area (Å²) >= 11 is 4.79. The third-order valence-corrected chi connectivity index (χ3v) is 2.73. The number of ether oxygens (including phenoxy) is 1. The molecule has 5 nitrogen and oxygen atoms in total. The number of methoxy groups -OCH3 is 1. The first-order valence-electron chi connectivity index (χ1n) is 5.92. The molecule has 0 radical (unpaired) electrons. The highest BCUT2D eigenvalue weighted by molar-refractivity contribution is 7.80. The van der Waals surface area contributed by atoms with Crippen LogP contribution in [0.25, 0.3) is 0 Å². The molecule has 0 aliphatic rings. The summed E-state index contributed by atoms with van der Waals surface area (Å²) < 4.78 is 5.05. The van der Waals surface area contributed by atoms with Gasteiger partial charge in [0.15, 0.2) is 0 Å². The number of amides is 1. The van der Waals surface area contributed by atoms with Crippen LogP contribution in [0.4, 0.5) is 5.69 Å². The zero-order chi connectivity index (χ0) is 14.3. The smallest absolute Gasteiger partial charge is 0.238 e. The van der Waals surface area contributed by atoms with E-state index in [1.165, 1.54) is 0 Å². The van der Waals surface area contributed by atoms with Crippen LogP contribution in [0.5, 0.6) is 5.75 Å². The standard InChI is InChI=1S/C13H19N3O2S/c1-16(8-7-12(14)19)9-13(17)15-10-3-5-11(18-2)6-4-10/h3-6H,7-9H2,1-2H3,(H2,14,19)(H,15,17). The summed E-state index contributed by atoms with van der Waals surface area (Å²) in [5, 5.41) is 2.81. The van der Waals surface area contributed by atoms with Gasteiger partial charge in [0.2, 0.25) is 5.91 Å². The molecule has 0 atom stereocenters. The van der Waals surface area contributed by atoms with Crippen LogP contribution in [-0.2, 0) is 4.79 Å². The zero-order valence-electron chi connectivity index (χ0n) is 11.2. The molecule has 0 fully saturated rings. The molecule has 0 saturated carbocycles. The number of benzene rings is 1. The normalized spacial score (nSPS) is 10.3. The first-order chi connectivity index (χ1) is 9.01. The van der Waals surface area contributed by atoms with Gasteiger partial charge in [-0.25, -0.2) is 0 Å². The maximum absolute atomic E-state index is 11.8. The van der Waals surface area contributed by atoms with Crippen LogP contribution >= 0.6 is 12.2 Å². The molecule has 104 valence electrons. The molecular formula is C13H19N3O2S. The van der Waals surface area contributed by atoms with Crippen molar-refractivity contribution < 1.29 is 9.53 Å². The molecule has 3 N–H and O–H groups in total. The van der Waals surface area contributed by atoms with Gasteiger partial charge in [-0.15, -0.1) is 0 Å². The fraction of sp³-hybridized carbons (Fsp3) is 0.385. The third-order valence-electron chi connectivity index (χ3n) is 2.53. The lowest BCUT2D eigenvalue weighted by Crippen LogP contribution is -2.32. The second-order valence-electron chi connectivity index (χ2n) is 4.23. The molecule has 6 heteroatoms. The van der Waals surface area contributed by atoms with Gasteiger partial charge in [-0.3, -0.25) is 9.69 Å². The van der Waals surface area contributed by atoms with E-state index in [0.717, 1.165) is 11.4 Å². The second-order valence-corrected chi connectivity index (χ2v) is 4.76. The Morgan fingerprint density at radius 1 is 1.42 bits per heavy atom. The van der Waals surface area contributed by atoms with Gasteiger partial charge in [0, 0.05) is 18.7 Å². The Kier molecular flexibility index (Phi) is 6.24. The summed E-state index contributed by atoms with van der Waals surface area (Å²) in [7, 11) is 3.45. The SMILES string of the molecule is COc1ccc(NC(=O)CN(C)CCC(N)=S)cc1. The number of likely N-dealkylation sites (N-methyl/N-ethyl adjacent to an activating group) is 1. The lowest BCUT2D eigenvalue weighted by Gasteiger charge is -2.15. The number of nitrogens with two attached hydrogens (primary N) is 1. The number of nitrogens with zero attached hydrogens (tertiary/aromatic N) is 1. The molecule has 0 unspecified atom stereocenters. The van der Waals surface area contributed by atoms with Crippen LogP contribution in [0.15, 0.2) is 24.3 Å². The molecule has 1 aromatic carbocycles. The summed E-state index contributed by atoms with van der Waals surface area (Å²) in [4.78, 5) is 14.1. The maximum Gasteiger partial charge on any atom is 0.238 e. The number of carbonyl (C=O) groups excluding carboxylic acids is 1. The molecule has 0 bridgehead atoms. The van der Waals surface area contributed by atoms with Gasteiger partial charge in [0.05, 0.1) is 18.6 Å². The number of nitrogens with one attached hydrogen (secondary N) is 1. The van der Waals surface area contributed by atoms with Crippen LogP contribution in [0.3, 0.4) is 0 Å². The van der Waals surface area contributed by atoms with Gasteiger partial charge >= 0.3 is 0 Å². The van der Waals surface area contributed by atoms with E-state index in [1.54, 1.807) is 31.4 Å². The molecule has 0 saturated heterocycles. The second kappa shape index (κ2) is 7.70. The van der Waals surface area contributed by atoms with Gasteiger partial charge < -0.3 is 15.8 Å². The lowest BCUT2D eigenvalue weighted by molar-refractivity contribution is -0.117. The minimum absolute atomic E-state index is 0.0735. The average molecular weight is 281 g/mol. The van der Waals surface area contributed by atoms with Crippen molar-refractivity contribution in [2.75, 3.05) is 32.6 Å². The Labute approximate surface area is 118 Å². The number of carbonyl (C=O) groups is 1. The highest BCUT2D eigenvalue weighted by Crippen LogP contribution is 2.14. The van der Waals surface area contributed by atoms with Crippen molar-refractivity contribution in [3.8, 4) is 5.75 Å². The minimum Gasteiger partial charge on any atom is -0.497 e. The molecule has 0 spiro atoms. The minimum atomic E-state index is -0.0735. The Morgan fingerprint density at radius 2 is 2.05 bits per heavy atom. The van der Waals surface area contributed by atoms with Crippen molar-refractivity contribution in [2.24, 2.45) is 5.73 Å². The molecule has 1 aromatic rings. The van der Waals surface area contributed by atoms with Crippen molar-refractivity contribution >= 4 is 28.8 Å². The molecule has 1 rings (SSSR count). The Morgan fingerprint density at radius 3 is 2.58 bits per heavy atom. The van der Waals surface area contributed by atoms with E-state index < -0.39 is 0 Å². The van der Waals surface area contributed by atoms with E-state index in [2.05, 4.69) is 5.32 Å². The number of rotatable bonds is 7. The fourth-order valence-corrected chi connectivity index (χ4v) is 1.59. The van der Waals surface area contributed by atoms with Crippen molar-refractivity contribution in [1.82, 2.24) is 4.90 Å². The van der Waals surface area contributed by atoms with Crippen LogP contribution in [-0.4, -0.2) is 43.0 Å². The topological polar surface area (TPSA) is 67.6 Å². The highest BCUT2D eigenvalue weighted by atomic mass is 32.1. The van der Waals surface area contributed by atoms with E-state index in [-0.39, 0.29) is 5.91 Å². The summed E-state index contributed by atoms with van der Waals surface area (Å²) in [5.74, 6) is 0.683. The highest BCUT2D eigenvalue weighted by Gasteiger charge is 2.07. The maximum atomic E-state index is 11.8. The lowest BCUT2D eigenvalue weighted by atomic mass is 10.3. The monoisotopic (exact) mass is 281 g/mol. The molecule has 1 amide bonds. The first-order valence-corrected chi connectivity index (χ1v) is 6.33. The largest absolute Gasteiger partial charge is 0.497 e. The van der Waals surface area contributed by atoms with Crippen molar-refractivity contribution in [1.29, 1.82) is 0 Å². The quantitative estimate of drug-likeness (QED) is 0.736. The van der Waals surface area contributed by atoms with E-state index >= 15 is 0 Å². The van der Waals surface area contributed by atoms with Gasteiger partial charge in [-0.1, -0.05) is 12.2 Å². The molecular weight excluding hydrogens is 262 g/mol. The summed E-state index contributed by atoms with van der Waals surface area (Å²) in [5.41, 5.74) is 6.16. The molecule has 19 heavy (non-hydrogen) atoms. The number of anilines is 1. The van der Waals surface area contributed by atoms with Gasteiger partial charge in [-0.05, 0) is 31.3 Å². The van der Waals surface area contributed by atoms with Crippen LogP contribution < -0.4 is 15.8 Å². The van der Waals surface area contributed by atoms with Crippen LogP contribution in [0, 0.1) is 0 Å². The number of hydrogen-bond acceptors (Lipinski definition) is 4. The predicted molar refractivity (Wildman–Crippen MR) is 80.5 cm³/mol. The molecule has 0 aliphatic carbocycles. The molecule has 0 aromatic heterocycles. The number of hydrogen-bond donors (Lipinski definition) is 2. The Bertz CT molecular complexity index is 434. The number of thiocarbonyl (C=S) groups is 1. The summed E-state index contributed by atoms with van der Waals surface area (Å²) in [6, 6.07) is 7.19. The van der Waals surface area contributed by atoms with E-state index in [4.69, 9.17) is 22.7 Å². The Balaban J connectivity index is 2.39. The van der Waals surface area contributed by atoms with Crippen LogP contribution in [0.2, 0.25) is 0 Å². The van der Waals surface area contributed by atoms with Crippen molar-refractivity contribution in [2.45, 2.75) is 6.42 Å². The first kappa shape index (κ1) is 15.4. The Hall–Kier alpha value is -1.66. The van der Waals surface area contributed by atoms with Gasteiger partial charge in [0.25, 0.3) is 0 Å². The summed E-state index contributed by atoms with van der Waals surface area (Å²) in [6.07, 6.45) is 0.613.